The molecule has 0 aliphatic rings. The van der Waals surface area contributed by atoms with E-state index < -0.39 is 20.9 Å². The molecule has 0 saturated heterocycles. The summed E-state index contributed by atoms with van der Waals surface area (Å²) in [5, 5.41) is -0.762. The predicted octanol–water partition coefficient (Wildman–Crippen LogP) is 1.22. The lowest BCUT2D eigenvalue weighted by Crippen LogP contribution is -2.23. The highest BCUT2D eigenvalue weighted by molar-refractivity contribution is 7.92. The van der Waals surface area contributed by atoms with E-state index in [0.717, 1.165) is 12.1 Å². The molecular weight excluding hydrogens is 233 g/mol. The molecular formula is C10H14FNO3S. The number of rotatable bonds is 4. The highest BCUT2D eigenvalue weighted by atomic mass is 32.2. The standard InChI is InChI=1S/C10H14FNO3S/c1-7(6-15-2)16(13,14)10-5-8(11)3-4-9(10)12/h3-5,7H,6,12H2,1-2H3. The summed E-state index contributed by atoms with van der Waals surface area (Å²) in [6.45, 7) is 1.53. The second-order valence-corrected chi connectivity index (χ2v) is 5.83. The molecule has 6 heteroatoms. The van der Waals surface area contributed by atoms with Gasteiger partial charge in [-0.1, -0.05) is 0 Å². The molecule has 0 saturated carbocycles. The van der Waals surface area contributed by atoms with Crippen LogP contribution in [0, 0.1) is 5.82 Å². The second kappa shape index (κ2) is 4.80. The van der Waals surface area contributed by atoms with Crippen molar-refractivity contribution in [1.29, 1.82) is 0 Å². The number of halogens is 1. The van der Waals surface area contributed by atoms with Gasteiger partial charge in [-0.15, -0.1) is 0 Å². The number of hydrogen-bond donors (Lipinski definition) is 1. The van der Waals surface area contributed by atoms with Gasteiger partial charge in [-0.25, -0.2) is 12.8 Å². The van der Waals surface area contributed by atoms with Crippen molar-refractivity contribution >= 4 is 15.5 Å². The largest absolute Gasteiger partial charge is 0.398 e. The van der Waals surface area contributed by atoms with Crippen LogP contribution in [-0.2, 0) is 14.6 Å². The van der Waals surface area contributed by atoms with E-state index in [1.165, 1.54) is 20.1 Å². The Balaban J connectivity index is 3.21. The molecule has 1 unspecified atom stereocenters. The van der Waals surface area contributed by atoms with E-state index in [1.807, 2.05) is 0 Å². The van der Waals surface area contributed by atoms with E-state index in [4.69, 9.17) is 10.5 Å². The highest BCUT2D eigenvalue weighted by Crippen LogP contribution is 2.23. The van der Waals surface area contributed by atoms with Crippen LogP contribution in [0.3, 0.4) is 0 Å². The molecule has 1 rings (SSSR count). The lowest BCUT2D eigenvalue weighted by atomic mass is 10.3. The average molecular weight is 247 g/mol. The van der Waals surface area contributed by atoms with Crippen molar-refractivity contribution in [3.05, 3.63) is 24.0 Å². The van der Waals surface area contributed by atoms with E-state index in [9.17, 15) is 12.8 Å². The zero-order valence-corrected chi connectivity index (χ0v) is 9.92. The molecule has 4 nitrogen and oxygen atoms in total. The fourth-order valence-electron chi connectivity index (χ4n) is 1.30. The molecule has 1 aromatic carbocycles. The summed E-state index contributed by atoms with van der Waals surface area (Å²) in [7, 11) is -2.24. The number of benzene rings is 1. The van der Waals surface area contributed by atoms with Gasteiger partial charge in [0.05, 0.1) is 22.4 Å². The van der Waals surface area contributed by atoms with Crippen molar-refractivity contribution in [1.82, 2.24) is 0 Å². The van der Waals surface area contributed by atoms with Crippen LogP contribution in [0.15, 0.2) is 23.1 Å². The number of ether oxygens (including phenoxy) is 1. The van der Waals surface area contributed by atoms with Crippen molar-refractivity contribution in [2.75, 3.05) is 19.5 Å². The Morgan fingerprint density at radius 1 is 1.50 bits per heavy atom. The monoisotopic (exact) mass is 247 g/mol. The van der Waals surface area contributed by atoms with Gasteiger partial charge in [-0.3, -0.25) is 0 Å². The van der Waals surface area contributed by atoms with Gasteiger partial charge >= 0.3 is 0 Å². The quantitative estimate of drug-likeness (QED) is 0.812. The van der Waals surface area contributed by atoms with E-state index >= 15 is 0 Å². The number of nitrogen functional groups attached to an aromatic ring is 1. The zero-order chi connectivity index (χ0) is 12.3. The molecule has 1 atom stereocenters. The van der Waals surface area contributed by atoms with Gasteiger partial charge in [-0.05, 0) is 25.1 Å². The third kappa shape index (κ3) is 2.51. The smallest absolute Gasteiger partial charge is 0.185 e. The van der Waals surface area contributed by atoms with Gasteiger partial charge in [0, 0.05) is 7.11 Å². The summed E-state index contributed by atoms with van der Waals surface area (Å²) in [5.74, 6) is -0.627. The third-order valence-electron chi connectivity index (χ3n) is 2.21. The molecule has 90 valence electrons. The van der Waals surface area contributed by atoms with E-state index in [0.29, 0.717) is 0 Å². The third-order valence-corrected chi connectivity index (χ3v) is 4.38. The Kier molecular flexibility index (Phi) is 3.88. The topological polar surface area (TPSA) is 69.4 Å². The number of anilines is 1. The summed E-state index contributed by atoms with van der Waals surface area (Å²) in [5.41, 5.74) is 5.57. The minimum atomic E-state index is -3.64. The maximum atomic E-state index is 13.0. The van der Waals surface area contributed by atoms with Gasteiger partial charge in [0.15, 0.2) is 9.84 Å². The lowest BCUT2D eigenvalue weighted by Gasteiger charge is -2.13. The first-order valence-electron chi connectivity index (χ1n) is 4.67. The van der Waals surface area contributed by atoms with Crippen molar-refractivity contribution in [3.8, 4) is 0 Å². The van der Waals surface area contributed by atoms with Gasteiger partial charge in [0.2, 0.25) is 0 Å². The molecule has 0 radical (unpaired) electrons. The SMILES string of the molecule is COCC(C)S(=O)(=O)c1cc(F)ccc1N. The lowest BCUT2D eigenvalue weighted by molar-refractivity contribution is 0.200. The maximum absolute atomic E-state index is 13.0. The van der Waals surface area contributed by atoms with Crippen LogP contribution in [0.5, 0.6) is 0 Å². The Morgan fingerprint density at radius 3 is 2.69 bits per heavy atom. The second-order valence-electron chi connectivity index (χ2n) is 3.49. The van der Waals surface area contributed by atoms with Crippen LogP contribution in [0.25, 0.3) is 0 Å². The van der Waals surface area contributed by atoms with Crippen LogP contribution >= 0.6 is 0 Å². The zero-order valence-electron chi connectivity index (χ0n) is 9.10. The van der Waals surface area contributed by atoms with Crippen LogP contribution < -0.4 is 5.73 Å². The Morgan fingerprint density at radius 2 is 2.12 bits per heavy atom. The van der Waals surface area contributed by atoms with E-state index in [1.54, 1.807) is 0 Å². The van der Waals surface area contributed by atoms with Crippen LogP contribution in [0.1, 0.15) is 6.92 Å². The fraction of sp³-hybridized carbons (Fsp3) is 0.400. The molecule has 0 fully saturated rings. The first-order chi connectivity index (χ1) is 7.39. The Bertz CT molecular complexity index is 473. The Hall–Kier alpha value is -1.14. The minimum absolute atomic E-state index is 0.0400. The average Bonchev–Trinajstić information content (AvgIpc) is 2.22. The molecule has 1 aromatic rings. The number of methoxy groups -OCH3 is 1. The van der Waals surface area contributed by atoms with Gasteiger partial charge < -0.3 is 10.5 Å². The minimum Gasteiger partial charge on any atom is -0.398 e. The van der Waals surface area contributed by atoms with E-state index in [-0.39, 0.29) is 17.2 Å². The first-order valence-corrected chi connectivity index (χ1v) is 6.22. The molecule has 2 N–H and O–H groups in total. The molecule has 16 heavy (non-hydrogen) atoms. The first kappa shape index (κ1) is 12.9. The van der Waals surface area contributed by atoms with Crippen LogP contribution in [0.4, 0.5) is 10.1 Å². The molecule has 0 spiro atoms. The molecule has 0 aromatic heterocycles. The maximum Gasteiger partial charge on any atom is 0.185 e. The predicted molar refractivity (Wildman–Crippen MR) is 59.3 cm³/mol. The van der Waals surface area contributed by atoms with Gasteiger partial charge in [0.1, 0.15) is 5.82 Å². The van der Waals surface area contributed by atoms with Gasteiger partial charge in [-0.2, -0.15) is 0 Å². The summed E-state index contributed by atoms with van der Waals surface area (Å²) in [6, 6.07) is 3.29. The van der Waals surface area contributed by atoms with Crippen LogP contribution in [0.2, 0.25) is 0 Å². The Labute approximate surface area is 94.1 Å². The van der Waals surface area contributed by atoms with Crippen molar-refractivity contribution in [2.24, 2.45) is 0 Å². The molecule has 0 amide bonds. The fourth-order valence-corrected chi connectivity index (χ4v) is 2.72. The summed E-state index contributed by atoms with van der Waals surface area (Å²) < 4.78 is 41.7. The summed E-state index contributed by atoms with van der Waals surface area (Å²) in [6.07, 6.45) is 0. The number of sulfone groups is 1. The van der Waals surface area contributed by atoms with Gasteiger partial charge in [0.25, 0.3) is 0 Å². The van der Waals surface area contributed by atoms with Crippen molar-refractivity contribution in [2.45, 2.75) is 17.1 Å². The molecule has 0 heterocycles. The van der Waals surface area contributed by atoms with Crippen molar-refractivity contribution < 1.29 is 17.5 Å². The number of nitrogens with two attached hydrogens (primary N) is 1. The highest BCUT2D eigenvalue weighted by Gasteiger charge is 2.25. The van der Waals surface area contributed by atoms with E-state index in [2.05, 4.69) is 0 Å². The molecule has 0 bridgehead atoms. The normalized spacial score (nSPS) is 13.7. The number of hydrogen-bond acceptors (Lipinski definition) is 4. The summed E-state index contributed by atoms with van der Waals surface area (Å²) >= 11 is 0. The molecule has 0 aliphatic carbocycles. The van der Waals surface area contributed by atoms with Crippen molar-refractivity contribution in [3.63, 3.8) is 0 Å². The van der Waals surface area contributed by atoms with Crippen LogP contribution in [-0.4, -0.2) is 27.4 Å². The summed E-state index contributed by atoms with van der Waals surface area (Å²) in [4.78, 5) is -0.183. The molecule has 0 aliphatic heterocycles.